The van der Waals surface area contributed by atoms with Gasteiger partial charge < -0.3 is 15.0 Å². The zero-order valence-electron chi connectivity index (χ0n) is 13.7. The van der Waals surface area contributed by atoms with Gasteiger partial charge in [0.2, 0.25) is 5.95 Å². The van der Waals surface area contributed by atoms with Crippen molar-refractivity contribution in [1.29, 1.82) is 0 Å². The van der Waals surface area contributed by atoms with Crippen LogP contribution in [0.25, 0.3) is 0 Å². The summed E-state index contributed by atoms with van der Waals surface area (Å²) in [6.07, 6.45) is 0. The summed E-state index contributed by atoms with van der Waals surface area (Å²) in [4.78, 5) is 23.8. The van der Waals surface area contributed by atoms with Crippen LogP contribution in [0.4, 0.5) is 11.6 Å². The van der Waals surface area contributed by atoms with E-state index in [1.54, 1.807) is 0 Å². The van der Waals surface area contributed by atoms with E-state index in [4.69, 9.17) is 4.74 Å². The van der Waals surface area contributed by atoms with Crippen LogP contribution in [0.3, 0.4) is 0 Å². The highest BCUT2D eigenvalue weighted by Crippen LogP contribution is 2.22. The molecule has 3 rings (SSSR count). The molecule has 0 spiro atoms. The first-order valence-electron chi connectivity index (χ1n) is 7.80. The Balaban J connectivity index is 1.83. The second-order valence-corrected chi connectivity index (χ2v) is 6.77. The van der Waals surface area contributed by atoms with Gasteiger partial charge in [-0.3, -0.25) is 4.79 Å². The molecule has 0 saturated carbocycles. The number of morpholine rings is 1. The highest BCUT2D eigenvalue weighted by Gasteiger charge is 2.18. The van der Waals surface area contributed by atoms with E-state index in [1.807, 2.05) is 38.1 Å². The summed E-state index contributed by atoms with van der Waals surface area (Å²) >= 11 is 2.16. The third-order valence-electron chi connectivity index (χ3n) is 3.91. The van der Waals surface area contributed by atoms with Gasteiger partial charge in [-0.1, -0.05) is 12.1 Å². The molecule has 7 heteroatoms. The normalized spacial score (nSPS) is 14.5. The lowest BCUT2D eigenvalue weighted by molar-refractivity contribution is 0.102. The Bertz CT molecular complexity index is 737. The largest absolute Gasteiger partial charge is 0.378 e. The number of amides is 1. The van der Waals surface area contributed by atoms with Crippen LogP contribution in [0.2, 0.25) is 0 Å². The molecule has 126 valence electrons. The fourth-order valence-corrected chi connectivity index (χ4v) is 3.24. The number of hydrogen-bond acceptors (Lipinski definition) is 5. The molecular weight excluding hydrogens is 419 g/mol. The fraction of sp³-hybridized carbons (Fsp3) is 0.353. The Hall–Kier alpha value is -1.74. The standard InChI is InChI=1S/C17H19IN4O2/c1-11-15(21-16(23)13-5-3-4-6-14(13)18)12(2)20-17(19-11)22-7-9-24-10-8-22/h3-6H,7-10H2,1-2H3,(H,21,23). The van der Waals surface area contributed by atoms with Gasteiger partial charge in [-0.05, 0) is 48.6 Å². The van der Waals surface area contributed by atoms with Gasteiger partial charge in [-0.2, -0.15) is 0 Å². The highest BCUT2D eigenvalue weighted by atomic mass is 127. The number of carbonyl (C=O) groups excluding carboxylic acids is 1. The van der Waals surface area contributed by atoms with Crippen molar-refractivity contribution in [3.8, 4) is 0 Å². The second-order valence-electron chi connectivity index (χ2n) is 5.60. The predicted octanol–water partition coefficient (Wildman–Crippen LogP) is 2.79. The molecule has 0 radical (unpaired) electrons. The van der Waals surface area contributed by atoms with Gasteiger partial charge in [0.15, 0.2) is 0 Å². The Labute approximate surface area is 154 Å². The van der Waals surface area contributed by atoms with Gasteiger partial charge in [-0.15, -0.1) is 0 Å². The van der Waals surface area contributed by atoms with E-state index in [-0.39, 0.29) is 5.91 Å². The molecule has 1 fully saturated rings. The van der Waals surface area contributed by atoms with Crippen molar-refractivity contribution in [2.45, 2.75) is 13.8 Å². The highest BCUT2D eigenvalue weighted by molar-refractivity contribution is 14.1. The topological polar surface area (TPSA) is 67.3 Å². The molecule has 1 N–H and O–H groups in total. The molecular formula is C17H19IN4O2. The smallest absolute Gasteiger partial charge is 0.256 e. The zero-order valence-corrected chi connectivity index (χ0v) is 15.8. The van der Waals surface area contributed by atoms with Crippen molar-refractivity contribution in [3.05, 3.63) is 44.8 Å². The average molecular weight is 438 g/mol. The van der Waals surface area contributed by atoms with Crippen LogP contribution in [0, 0.1) is 17.4 Å². The molecule has 6 nitrogen and oxygen atoms in total. The van der Waals surface area contributed by atoms with Crippen molar-refractivity contribution in [3.63, 3.8) is 0 Å². The number of nitrogens with zero attached hydrogens (tertiary/aromatic N) is 3. The first-order valence-corrected chi connectivity index (χ1v) is 8.88. The first-order chi connectivity index (χ1) is 11.6. The number of benzene rings is 1. The van der Waals surface area contributed by atoms with Crippen LogP contribution < -0.4 is 10.2 Å². The third-order valence-corrected chi connectivity index (χ3v) is 4.85. The SMILES string of the molecule is Cc1nc(N2CCOCC2)nc(C)c1NC(=O)c1ccccc1I. The zero-order chi connectivity index (χ0) is 17.1. The molecule has 0 unspecified atom stereocenters. The van der Waals surface area contributed by atoms with E-state index in [1.165, 1.54) is 0 Å². The van der Waals surface area contributed by atoms with Crippen LogP contribution in [-0.2, 0) is 4.74 Å². The maximum absolute atomic E-state index is 12.5. The van der Waals surface area contributed by atoms with Gasteiger partial charge in [0.1, 0.15) is 0 Å². The number of hydrogen-bond donors (Lipinski definition) is 1. The van der Waals surface area contributed by atoms with Crippen LogP contribution in [0.15, 0.2) is 24.3 Å². The van der Waals surface area contributed by atoms with E-state index >= 15 is 0 Å². The summed E-state index contributed by atoms with van der Waals surface area (Å²) in [5.41, 5.74) is 2.86. The van der Waals surface area contributed by atoms with Crippen molar-refractivity contribution >= 4 is 40.1 Å². The lowest BCUT2D eigenvalue weighted by atomic mass is 10.2. The van der Waals surface area contributed by atoms with Crippen LogP contribution in [0.5, 0.6) is 0 Å². The summed E-state index contributed by atoms with van der Waals surface area (Å²) in [6.45, 7) is 6.73. The maximum Gasteiger partial charge on any atom is 0.256 e. The second kappa shape index (κ2) is 7.43. The van der Waals surface area contributed by atoms with Gasteiger partial charge in [0, 0.05) is 16.7 Å². The van der Waals surface area contributed by atoms with Crippen molar-refractivity contribution in [2.24, 2.45) is 0 Å². The van der Waals surface area contributed by atoms with Gasteiger partial charge >= 0.3 is 0 Å². The molecule has 2 aromatic rings. The van der Waals surface area contributed by atoms with Gasteiger partial charge in [0.05, 0.1) is 35.9 Å². The van der Waals surface area contributed by atoms with Crippen molar-refractivity contribution in [2.75, 3.05) is 36.5 Å². The van der Waals surface area contributed by atoms with Crippen molar-refractivity contribution in [1.82, 2.24) is 9.97 Å². The van der Waals surface area contributed by atoms with Crippen LogP contribution >= 0.6 is 22.6 Å². The van der Waals surface area contributed by atoms with Gasteiger partial charge in [-0.25, -0.2) is 9.97 Å². The van der Waals surface area contributed by atoms with E-state index in [9.17, 15) is 4.79 Å². The van der Waals surface area contributed by atoms with Crippen LogP contribution in [-0.4, -0.2) is 42.2 Å². The fourth-order valence-electron chi connectivity index (χ4n) is 2.61. The average Bonchev–Trinajstić information content (AvgIpc) is 2.59. The third kappa shape index (κ3) is 3.67. The molecule has 1 aliphatic heterocycles. The first kappa shape index (κ1) is 17.1. The quantitative estimate of drug-likeness (QED) is 0.747. The molecule has 0 bridgehead atoms. The number of aromatic nitrogens is 2. The maximum atomic E-state index is 12.5. The molecule has 1 amide bonds. The Morgan fingerprint density at radius 2 is 1.79 bits per heavy atom. The number of nitrogens with one attached hydrogen (secondary N) is 1. The summed E-state index contributed by atoms with van der Waals surface area (Å²) in [5.74, 6) is 0.550. The molecule has 1 aromatic carbocycles. The number of aryl methyl sites for hydroxylation is 2. The summed E-state index contributed by atoms with van der Waals surface area (Å²) in [5, 5.41) is 2.95. The molecule has 0 atom stereocenters. The summed E-state index contributed by atoms with van der Waals surface area (Å²) in [7, 11) is 0. The monoisotopic (exact) mass is 438 g/mol. The van der Waals surface area contributed by atoms with Gasteiger partial charge in [0.25, 0.3) is 5.91 Å². The number of anilines is 2. The lowest BCUT2D eigenvalue weighted by Crippen LogP contribution is -2.37. The Morgan fingerprint density at radius 1 is 1.17 bits per heavy atom. The van der Waals surface area contributed by atoms with Crippen LogP contribution in [0.1, 0.15) is 21.7 Å². The molecule has 1 aromatic heterocycles. The van der Waals surface area contributed by atoms with E-state index < -0.39 is 0 Å². The van der Waals surface area contributed by atoms with E-state index in [2.05, 4.69) is 42.8 Å². The number of halogens is 1. The van der Waals surface area contributed by atoms with E-state index in [0.29, 0.717) is 30.4 Å². The van der Waals surface area contributed by atoms with E-state index in [0.717, 1.165) is 28.0 Å². The molecule has 24 heavy (non-hydrogen) atoms. The molecule has 0 aliphatic carbocycles. The minimum absolute atomic E-state index is 0.145. The predicted molar refractivity (Wildman–Crippen MR) is 102 cm³/mol. The lowest BCUT2D eigenvalue weighted by Gasteiger charge is -2.27. The molecule has 2 heterocycles. The number of rotatable bonds is 3. The molecule has 1 aliphatic rings. The number of carbonyl (C=O) groups is 1. The Kier molecular flexibility index (Phi) is 5.30. The minimum atomic E-state index is -0.145. The Morgan fingerprint density at radius 3 is 2.42 bits per heavy atom. The summed E-state index contributed by atoms with van der Waals surface area (Å²) < 4.78 is 6.27. The van der Waals surface area contributed by atoms with Crippen molar-refractivity contribution < 1.29 is 9.53 Å². The minimum Gasteiger partial charge on any atom is -0.378 e. The number of ether oxygens (including phenoxy) is 1. The molecule has 1 saturated heterocycles. The summed E-state index contributed by atoms with van der Waals surface area (Å²) in [6, 6.07) is 7.49.